The van der Waals surface area contributed by atoms with Crippen LogP contribution < -0.4 is 10.1 Å². The molecule has 0 aliphatic heterocycles. The van der Waals surface area contributed by atoms with Crippen LogP contribution >= 0.6 is 11.3 Å². The summed E-state index contributed by atoms with van der Waals surface area (Å²) < 4.78 is 5.32. The molecule has 0 radical (unpaired) electrons. The van der Waals surface area contributed by atoms with Crippen molar-refractivity contribution in [2.75, 3.05) is 14.2 Å². The maximum Gasteiger partial charge on any atom is 0.119 e. The molecule has 2 aromatic rings. The molecule has 0 fully saturated rings. The lowest BCUT2D eigenvalue weighted by molar-refractivity contribution is 0.414. The molecule has 0 aliphatic carbocycles. The van der Waals surface area contributed by atoms with Crippen LogP contribution in [0.5, 0.6) is 5.75 Å². The number of hydrogen-bond acceptors (Lipinski definition) is 3. The van der Waals surface area contributed by atoms with Crippen LogP contribution in [0.2, 0.25) is 0 Å². The van der Waals surface area contributed by atoms with E-state index in [0.717, 1.165) is 5.75 Å². The maximum atomic E-state index is 5.32. The standard InChI is InChI=1S/C17H23NOS/c1-17(2,3)15-10-9-14(20-15)16(18-4)12-7-6-8-13(11-12)19-5/h6-11,16,18H,1-5H3. The van der Waals surface area contributed by atoms with Gasteiger partial charge >= 0.3 is 0 Å². The number of rotatable bonds is 4. The Hall–Kier alpha value is -1.32. The van der Waals surface area contributed by atoms with Crippen molar-refractivity contribution in [1.29, 1.82) is 0 Å². The summed E-state index contributed by atoms with van der Waals surface area (Å²) in [5.74, 6) is 0.898. The first-order chi connectivity index (χ1) is 9.45. The van der Waals surface area contributed by atoms with E-state index >= 15 is 0 Å². The topological polar surface area (TPSA) is 21.3 Å². The van der Waals surface area contributed by atoms with Gasteiger partial charge in [0.15, 0.2) is 0 Å². The zero-order chi connectivity index (χ0) is 14.8. The Labute approximate surface area is 125 Å². The van der Waals surface area contributed by atoms with Gasteiger partial charge in [0.2, 0.25) is 0 Å². The molecule has 20 heavy (non-hydrogen) atoms. The minimum atomic E-state index is 0.204. The Kier molecular flexibility index (Phi) is 4.51. The second-order valence-corrected chi connectivity index (χ2v) is 7.07. The van der Waals surface area contributed by atoms with Crippen LogP contribution in [0.15, 0.2) is 36.4 Å². The molecule has 1 unspecified atom stereocenters. The maximum absolute atomic E-state index is 5.32. The van der Waals surface area contributed by atoms with Crippen molar-refractivity contribution < 1.29 is 4.74 Å². The highest BCUT2D eigenvalue weighted by atomic mass is 32.1. The zero-order valence-corrected chi connectivity index (χ0v) is 13.7. The molecular weight excluding hydrogens is 266 g/mol. The molecule has 0 saturated heterocycles. The van der Waals surface area contributed by atoms with E-state index in [2.05, 4.69) is 50.4 Å². The Morgan fingerprint density at radius 3 is 2.45 bits per heavy atom. The first-order valence-corrected chi connectivity index (χ1v) is 7.69. The molecule has 0 bridgehead atoms. The van der Waals surface area contributed by atoms with Crippen LogP contribution in [0.3, 0.4) is 0 Å². The average Bonchev–Trinajstić information content (AvgIpc) is 2.89. The molecule has 3 heteroatoms. The van der Waals surface area contributed by atoms with Gasteiger partial charge in [-0.15, -0.1) is 11.3 Å². The van der Waals surface area contributed by atoms with Gasteiger partial charge in [-0.2, -0.15) is 0 Å². The lowest BCUT2D eigenvalue weighted by Crippen LogP contribution is -2.16. The van der Waals surface area contributed by atoms with E-state index in [4.69, 9.17) is 4.74 Å². The number of nitrogens with one attached hydrogen (secondary N) is 1. The van der Waals surface area contributed by atoms with Crippen molar-refractivity contribution in [3.8, 4) is 5.75 Å². The van der Waals surface area contributed by atoms with Crippen molar-refractivity contribution in [2.45, 2.75) is 32.2 Å². The average molecular weight is 289 g/mol. The third kappa shape index (κ3) is 3.22. The molecule has 1 aromatic carbocycles. The summed E-state index contributed by atoms with van der Waals surface area (Å²) in [6.45, 7) is 6.76. The molecule has 108 valence electrons. The molecule has 2 rings (SSSR count). The Morgan fingerprint density at radius 1 is 1.15 bits per heavy atom. The normalized spacial score (nSPS) is 13.2. The van der Waals surface area contributed by atoms with Crippen LogP contribution in [0.4, 0.5) is 0 Å². The molecule has 1 atom stereocenters. The lowest BCUT2D eigenvalue weighted by atomic mass is 9.95. The van der Waals surface area contributed by atoms with Gasteiger partial charge in [0.1, 0.15) is 5.75 Å². The van der Waals surface area contributed by atoms with Crippen molar-refractivity contribution >= 4 is 11.3 Å². The second kappa shape index (κ2) is 5.98. The molecule has 0 amide bonds. The smallest absolute Gasteiger partial charge is 0.119 e. The number of methoxy groups -OCH3 is 1. The van der Waals surface area contributed by atoms with E-state index in [-0.39, 0.29) is 11.5 Å². The van der Waals surface area contributed by atoms with Crippen molar-refractivity contribution in [2.24, 2.45) is 0 Å². The van der Waals surface area contributed by atoms with E-state index in [1.807, 2.05) is 30.5 Å². The van der Waals surface area contributed by atoms with Crippen LogP contribution in [0.1, 0.15) is 42.1 Å². The van der Waals surface area contributed by atoms with Crippen molar-refractivity contribution in [3.63, 3.8) is 0 Å². The Morgan fingerprint density at radius 2 is 1.90 bits per heavy atom. The van der Waals surface area contributed by atoms with Crippen molar-refractivity contribution in [3.05, 3.63) is 51.7 Å². The summed E-state index contributed by atoms with van der Waals surface area (Å²) in [6, 6.07) is 12.9. The Bertz CT molecular complexity index is 568. The SMILES string of the molecule is CNC(c1cccc(OC)c1)c1ccc(C(C)(C)C)s1. The van der Waals surface area contributed by atoms with Gasteiger partial charge in [-0.1, -0.05) is 32.9 Å². The monoisotopic (exact) mass is 289 g/mol. The van der Waals surface area contributed by atoms with E-state index in [1.54, 1.807) is 7.11 Å². The summed E-state index contributed by atoms with van der Waals surface area (Å²) in [6.07, 6.45) is 0. The fourth-order valence-electron chi connectivity index (χ4n) is 2.21. The number of hydrogen-bond donors (Lipinski definition) is 1. The summed E-state index contributed by atoms with van der Waals surface area (Å²) in [7, 11) is 3.71. The second-order valence-electron chi connectivity index (χ2n) is 5.95. The molecule has 0 saturated carbocycles. The first kappa shape index (κ1) is 15.1. The van der Waals surface area contributed by atoms with E-state index in [1.165, 1.54) is 15.3 Å². The molecule has 0 aliphatic rings. The molecular formula is C17H23NOS. The van der Waals surface area contributed by atoms with Gasteiger partial charge in [-0.25, -0.2) is 0 Å². The molecule has 1 N–H and O–H groups in total. The van der Waals surface area contributed by atoms with Crippen LogP contribution in [0, 0.1) is 0 Å². The predicted molar refractivity (Wildman–Crippen MR) is 86.9 cm³/mol. The van der Waals surface area contributed by atoms with Gasteiger partial charge in [0, 0.05) is 9.75 Å². The molecule has 2 nitrogen and oxygen atoms in total. The number of thiophene rings is 1. The Balaban J connectivity index is 2.34. The van der Waals surface area contributed by atoms with Gasteiger partial charge < -0.3 is 10.1 Å². The van der Waals surface area contributed by atoms with Crippen LogP contribution in [-0.4, -0.2) is 14.2 Å². The highest BCUT2D eigenvalue weighted by Crippen LogP contribution is 2.35. The first-order valence-electron chi connectivity index (χ1n) is 6.87. The highest BCUT2D eigenvalue weighted by Gasteiger charge is 2.20. The molecule has 0 spiro atoms. The van der Waals surface area contributed by atoms with Gasteiger partial charge in [0.05, 0.1) is 13.2 Å². The summed E-state index contributed by atoms with van der Waals surface area (Å²) in [5.41, 5.74) is 1.43. The summed E-state index contributed by atoms with van der Waals surface area (Å²) in [4.78, 5) is 2.75. The van der Waals surface area contributed by atoms with E-state index in [9.17, 15) is 0 Å². The zero-order valence-electron chi connectivity index (χ0n) is 12.9. The van der Waals surface area contributed by atoms with Gasteiger partial charge in [0.25, 0.3) is 0 Å². The molecule has 1 heterocycles. The third-order valence-corrected chi connectivity index (χ3v) is 4.94. The fraction of sp³-hybridized carbons (Fsp3) is 0.412. The summed E-state index contributed by atoms with van der Waals surface area (Å²) >= 11 is 1.88. The third-order valence-electron chi connectivity index (χ3n) is 3.37. The van der Waals surface area contributed by atoms with Crippen molar-refractivity contribution in [1.82, 2.24) is 5.32 Å². The quantitative estimate of drug-likeness (QED) is 0.903. The number of ether oxygens (including phenoxy) is 1. The molecule has 1 aromatic heterocycles. The minimum Gasteiger partial charge on any atom is -0.497 e. The van der Waals surface area contributed by atoms with E-state index in [0.29, 0.717) is 0 Å². The number of benzene rings is 1. The fourth-order valence-corrected chi connectivity index (χ4v) is 3.41. The largest absolute Gasteiger partial charge is 0.497 e. The van der Waals surface area contributed by atoms with Gasteiger partial charge in [-0.05, 0) is 42.3 Å². The highest BCUT2D eigenvalue weighted by molar-refractivity contribution is 7.12. The predicted octanol–water partition coefficient (Wildman–Crippen LogP) is 4.36. The van der Waals surface area contributed by atoms with E-state index < -0.39 is 0 Å². The van der Waals surface area contributed by atoms with Gasteiger partial charge in [-0.3, -0.25) is 0 Å². The summed E-state index contributed by atoms with van der Waals surface area (Å²) in [5, 5.41) is 3.41. The van der Waals surface area contributed by atoms with Crippen LogP contribution in [-0.2, 0) is 5.41 Å². The van der Waals surface area contributed by atoms with Crippen LogP contribution in [0.25, 0.3) is 0 Å². The minimum absolute atomic E-state index is 0.204. The lowest BCUT2D eigenvalue weighted by Gasteiger charge is -2.18.